The SMILES string of the molecule is CC(NC(=O)Cc1nonc1N)c1ccccc1. The summed E-state index contributed by atoms with van der Waals surface area (Å²) >= 11 is 0. The number of anilines is 1. The van der Waals surface area contributed by atoms with Crippen molar-refractivity contribution >= 4 is 11.7 Å². The Morgan fingerprint density at radius 1 is 1.39 bits per heavy atom. The summed E-state index contributed by atoms with van der Waals surface area (Å²) in [6.07, 6.45) is 0.0620. The minimum Gasteiger partial charge on any atom is -0.379 e. The maximum atomic E-state index is 11.8. The van der Waals surface area contributed by atoms with Crippen molar-refractivity contribution in [3.8, 4) is 0 Å². The Bertz CT molecular complexity index is 524. The van der Waals surface area contributed by atoms with E-state index in [4.69, 9.17) is 5.73 Å². The Morgan fingerprint density at radius 2 is 2.11 bits per heavy atom. The molecule has 1 heterocycles. The molecule has 1 amide bonds. The number of carbonyl (C=O) groups is 1. The number of hydrogen-bond acceptors (Lipinski definition) is 5. The van der Waals surface area contributed by atoms with Crippen LogP contribution in [0.25, 0.3) is 0 Å². The molecular weight excluding hydrogens is 232 g/mol. The molecule has 0 bridgehead atoms. The van der Waals surface area contributed by atoms with Gasteiger partial charge in [0.05, 0.1) is 12.5 Å². The van der Waals surface area contributed by atoms with E-state index in [1.807, 2.05) is 37.3 Å². The molecule has 3 N–H and O–H groups in total. The van der Waals surface area contributed by atoms with Gasteiger partial charge in [0.1, 0.15) is 5.69 Å². The number of nitrogens with two attached hydrogens (primary N) is 1. The fourth-order valence-corrected chi connectivity index (χ4v) is 1.61. The Kier molecular flexibility index (Phi) is 3.57. The second-order valence-corrected chi connectivity index (χ2v) is 3.97. The fraction of sp³-hybridized carbons (Fsp3) is 0.250. The molecule has 1 aromatic carbocycles. The lowest BCUT2D eigenvalue weighted by molar-refractivity contribution is -0.121. The van der Waals surface area contributed by atoms with E-state index in [1.54, 1.807) is 0 Å². The zero-order chi connectivity index (χ0) is 13.0. The Labute approximate surface area is 104 Å². The van der Waals surface area contributed by atoms with Gasteiger partial charge in [0.15, 0.2) is 5.82 Å². The first-order chi connectivity index (χ1) is 8.66. The average molecular weight is 246 g/mol. The van der Waals surface area contributed by atoms with E-state index in [2.05, 4.69) is 20.3 Å². The lowest BCUT2D eigenvalue weighted by Crippen LogP contribution is -2.28. The number of rotatable bonds is 4. The van der Waals surface area contributed by atoms with E-state index in [9.17, 15) is 4.79 Å². The smallest absolute Gasteiger partial charge is 0.226 e. The normalized spacial score (nSPS) is 12.1. The topological polar surface area (TPSA) is 94.0 Å². The van der Waals surface area contributed by atoms with Crippen LogP contribution >= 0.6 is 0 Å². The number of hydrogen-bond donors (Lipinski definition) is 2. The van der Waals surface area contributed by atoms with Crippen molar-refractivity contribution in [2.45, 2.75) is 19.4 Å². The highest BCUT2D eigenvalue weighted by atomic mass is 16.6. The third kappa shape index (κ3) is 2.85. The van der Waals surface area contributed by atoms with Crippen LogP contribution in [-0.2, 0) is 11.2 Å². The Hall–Kier alpha value is -2.37. The number of amides is 1. The lowest BCUT2D eigenvalue weighted by atomic mass is 10.1. The van der Waals surface area contributed by atoms with Crippen molar-refractivity contribution in [3.05, 3.63) is 41.6 Å². The number of benzene rings is 1. The summed E-state index contributed by atoms with van der Waals surface area (Å²) in [6, 6.07) is 9.63. The molecule has 2 aromatic rings. The second kappa shape index (κ2) is 5.31. The van der Waals surface area contributed by atoms with Crippen molar-refractivity contribution in [1.82, 2.24) is 15.6 Å². The summed E-state index contributed by atoms with van der Waals surface area (Å²) in [5.41, 5.74) is 6.88. The predicted octanol–water partition coefficient (Wildman–Crippen LogP) is 1.07. The van der Waals surface area contributed by atoms with Crippen LogP contribution < -0.4 is 11.1 Å². The molecule has 0 fully saturated rings. The van der Waals surface area contributed by atoms with Crippen LogP contribution in [0.5, 0.6) is 0 Å². The largest absolute Gasteiger partial charge is 0.379 e. The number of carbonyl (C=O) groups excluding carboxylic acids is 1. The van der Waals surface area contributed by atoms with Crippen LogP contribution in [0.4, 0.5) is 5.82 Å². The third-order valence-electron chi connectivity index (χ3n) is 2.59. The van der Waals surface area contributed by atoms with Gasteiger partial charge >= 0.3 is 0 Å². The quantitative estimate of drug-likeness (QED) is 0.841. The molecule has 1 unspecified atom stereocenters. The average Bonchev–Trinajstić information content (AvgIpc) is 2.76. The van der Waals surface area contributed by atoms with Crippen molar-refractivity contribution in [1.29, 1.82) is 0 Å². The van der Waals surface area contributed by atoms with Crippen LogP contribution in [0.1, 0.15) is 24.2 Å². The maximum absolute atomic E-state index is 11.8. The Morgan fingerprint density at radius 3 is 2.72 bits per heavy atom. The number of nitrogens with zero attached hydrogens (tertiary/aromatic N) is 2. The van der Waals surface area contributed by atoms with E-state index in [0.717, 1.165) is 5.56 Å². The van der Waals surface area contributed by atoms with Gasteiger partial charge in [0, 0.05) is 0 Å². The van der Waals surface area contributed by atoms with Gasteiger partial charge in [-0.3, -0.25) is 4.79 Å². The molecule has 0 spiro atoms. The van der Waals surface area contributed by atoms with Crippen LogP contribution in [0.15, 0.2) is 35.0 Å². The van der Waals surface area contributed by atoms with E-state index in [-0.39, 0.29) is 24.2 Å². The highest BCUT2D eigenvalue weighted by molar-refractivity contribution is 5.79. The molecule has 0 saturated carbocycles. The summed E-state index contributed by atoms with van der Waals surface area (Å²) in [6.45, 7) is 1.91. The molecule has 0 aliphatic rings. The minimum absolute atomic E-state index is 0.0620. The van der Waals surface area contributed by atoms with E-state index in [0.29, 0.717) is 5.69 Å². The molecule has 18 heavy (non-hydrogen) atoms. The van der Waals surface area contributed by atoms with Crippen molar-refractivity contribution in [3.63, 3.8) is 0 Å². The van der Waals surface area contributed by atoms with E-state index in [1.165, 1.54) is 0 Å². The first-order valence-electron chi connectivity index (χ1n) is 5.58. The molecule has 0 saturated heterocycles. The minimum atomic E-state index is -0.172. The molecule has 1 atom stereocenters. The molecule has 2 rings (SSSR count). The highest BCUT2D eigenvalue weighted by Gasteiger charge is 2.14. The summed E-state index contributed by atoms with van der Waals surface area (Å²) in [5.74, 6) is -0.0220. The highest BCUT2D eigenvalue weighted by Crippen LogP contribution is 2.12. The van der Waals surface area contributed by atoms with Crippen LogP contribution in [0.3, 0.4) is 0 Å². The zero-order valence-corrected chi connectivity index (χ0v) is 9.96. The molecule has 0 aliphatic carbocycles. The monoisotopic (exact) mass is 246 g/mol. The van der Waals surface area contributed by atoms with Gasteiger partial charge in [-0.1, -0.05) is 35.5 Å². The molecule has 94 valence electrons. The van der Waals surface area contributed by atoms with Gasteiger partial charge in [-0.05, 0) is 17.6 Å². The first kappa shape index (κ1) is 12.1. The molecule has 0 radical (unpaired) electrons. The summed E-state index contributed by atoms with van der Waals surface area (Å²) in [4.78, 5) is 11.8. The standard InChI is InChI=1S/C12H14N4O2/c1-8(9-5-3-2-4-6-9)14-11(17)7-10-12(13)16-18-15-10/h2-6,8H,7H2,1H3,(H2,13,16)(H,14,17). The molecule has 6 heteroatoms. The first-order valence-corrected chi connectivity index (χ1v) is 5.58. The van der Waals surface area contributed by atoms with Gasteiger partial charge in [-0.15, -0.1) is 0 Å². The lowest BCUT2D eigenvalue weighted by Gasteiger charge is -2.13. The Balaban J connectivity index is 1.94. The third-order valence-corrected chi connectivity index (χ3v) is 2.59. The molecule has 1 aromatic heterocycles. The van der Waals surface area contributed by atoms with Crippen LogP contribution in [-0.4, -0.2) is 16.2 Å². The molecule has 6 nitrogen and oxygen atoms in total. The number of nitrogens with one attached hydrogen (secondary N) is 1. The number of aromatic nitrogens is 2. The molecular formula is C12H14N4O2. The summed E-state index contributed by atoms with van der Waals surface area (Å²) in [7, 11) is 0. The van der Waals surface area contributed by atoms with Crippen LogP contribution in [0, 0.1) is 0 Å². The summed E-state index contributed by atoms with van der Waals surface area (Å²) < 4.78 is 4.43. The van der Waals surface area contributed by atoms with Crippen molar-refractivity contribution in [2.24, 2.45) is 0 Å². The van der Waals surface area contributed by atoms with Gasteiger partial charge in [0.25, 0.3) is 0 Å². The van der Waals surface area contributed by atoms with E-state index < -0.39 is 0 Å². The number of nitrogen functional groups attached to an aromatic ring is 1. The predicted molar refractivity (Wildman–Crippen MR) is 65.4 cm³/mol. The summed E-state index contributed by atoms with van der Waals surface area (Å²) in [5, 5.41) is 9.84. The van der Waals surface area contributed by atoms with Gasteiger partial charge in [-0.25, -0.2) is 4.63 Å². The van der Waals surface area contributed by atoms with E-state index >= 15 is 0 Å². The molecule has 0 aliphatic heterocycles. The van der Waals surface area contributed by atoms with Gasteiger partial charge in [0.2, 0.25) is 5.91 Å². The van der Waals surface area contributed by atoms with Crippen molar-refractivity contribution in [2.75, 3.05) is 5.73 Å². The zero-order valence-electron chi connectivity index (χ0n) is 9.96. The second-order valence-electron chi connectivity index (χ2n) is 3.97. The maximum Gasteiger partial charge on any atom is 0.226 e. The fourth-order valence-electron chi connectivity index (χ4n) is 1.61. The van der Waals surface area contributed by atoms with Gasteiger partial charge < -0.3 is 11.1 Å². The van der Waals surface area contributed by atoms with Gasteiger partial charge in [-0.2, -0.15) is 0 Å². The van der Waals surface area contributed by atoms with Crippen LogP contribution in [0.2, 0.25) is 0 Å². The van der Waals surface area contributed by atoms with Crippen molar-refractivity contribution < 1.29 is 9.42 Å².